The Kier molecular flexibility index (Phi) is 4.35. The minimum absolute atomic E-state index is 0.886. The Morgan fingerprint density at radius 3 is 1.86 bits per heavy atom. The van der Waals surface area contributed by atoms with Gasteiger partial charge < -0.3 is 11.5 Å². The van der Waals surface area contributed by atoms with Crippen LogP contribution in [0.2, 0.25) is 0 Å². The average Bonchev–Trinajstić information content (AvgIpc) is 2.24. The van der Waals surface area contributed by atoms with Crippen LogP contribution in [0.3, 0.4) is 0 Å². The summed E-state index contributed by atoms with van der Waals surface area (Å²) in [5.41, 5.74) is 13.1. The summed E-state index contributed by atoms with van der Waals surface area (Å²) in [6.45, 7) is 0. The van der Waals surface area contributed by atoms with Gasteiger partial charge in [0, 0.05) is 0 Å². The molecule has 1 aromatic carbocycles. The highest BCUT2D eigenvalue weighted by Gasteiger charge is 1.92. The first-order chi connectivity index (χ1) is 6.86. The van der Waals surface area contributed by atoms with Crippen LogP contribution in [0.25, 0.3) is 0 Å². The van der Waals surface area contributed by atoms with Crippen LogP contribution in [0.5, 0.6) is 0 Å². The molecule has 0 aliphatic heterocycles. The molecule has 4 N–H and O–H groups in total. The molecule has 0 amide bonds. The molecule has 0 atom stereocenters. The smallest absolute Gasteiger partial charge is 0.00802 e. The zero-order valence-corrected chi connectivity index (χ0v) is 8.19. The predicted octanol–water partition coefficient (Wildman–Crippen LogP) is 1.72. The molecule has 74 valence electrons. The summed E-state index contributed by atoms with van der Waals surface area (Å²) in [4.78, 5) is 0. The summed E-state index contributed by atoms with van der Waals surface area (Å²) < 4.78 is 0. The molecule has 0 fully saturated rings. The highest BCUT2D eigenvalue weighted by atomic mass is 14.5. The van der Waals surface area contributed by atoms with Gasteiger partial charge in [0.25, 0.3) is 0 Å². The molecule has 0 spiro atoms. The number of rotatable bonds is 4. The van der Waals surface area contributed by atoms with Crippen LogP contribution >= 0.6 is 0 Å². The molecule has 0 saturated carbocycles. The minimum Gasteiger partial charge on any atom is -0.405 e. The maximum absolute atomic E-state index is 5.29. The molecule has 2 nitrogen and oxygen atoms in total. The molecule has 0 unspecified atom stereocenters. The second-order valence-electron chi connectivity index (χ2n) is 3.08. The molecule has 1 aromatic rings. The van der Waals surface area contributed by atoms with Crippen molar-refractivity contribution in [2.75, 3.05) is 0 Å². The van der Waals surface area contributed by atoms with Crippen molar-refractivity contribution in [3.05, 3.63) is 59.9 Å². The first kappa shape index (κ1) is 10.4. The van der Waals surface area contributed by atoms with Crippen LogP contribution < -0.4 is 11.5 Å². The SMILES string of the molecule is NC=CCc1cccc(CC=CN)c1. The zero-order chi connectivity index (χ0) is 10.2. The molecule has 0 bridgehead atoms. The van der Waals surface area contributed by atoms with Crippen molar-refractivity contribution in [2.24, 2.45) is 11.5 Å². The van der Waals surface area contributed by atoms with Crippen molar-refractivity contribution in [1.29, 1.82) is 0 Å². The summed E-state index contributed by atoms with van der Waals surface area (Å²) in [6.07, 6.45) is 8.81. The van der Waals surface area contributed by atoms with Gasteiger partial charge in [-0.15, -0.1) is 0 Å². The van der Waals surface area contributed by atoms with Gasteiger partial charge in [0.05, 0.1) is 0 Å². The third-order valence-corrected chi connectivity index (χ3v) is 1.97. The quantitative estimate of drug-likeness (QED) is 0.755. The first-order valence-electron chi connectivity index (χ1n) is 4.68. The fourth-order valence-corrected chi connectivity index (χ4v) is 1.29. The van der Waals surface area contributed by atoms with Crippen molar-refractivity contribution in [3.8, 4) is 0 Å². The lowest BCUT2D eigenvalue weighted by Gasteiger charge is -2.00. The topological polar surface area (TPSA) is 52.0 Å². The number of hydrogen-bond acceptors (Lipinski definition) is 2. The molecule has 0 saturated heterocycles. The van der Waals surface area contributed by atoms with Gasteiger partial charge in [-0.3, -0.25) is 0 Å². The Balaban J connectivity index is 2.68. The van der Waals surface area contributed by atoms with E-state index in [0.717, 1.165) is 12.8 Å². The lowest BCUT2D eigenvalue weighted by molar-refractivity contribution is 1.19. The summed E-state index contributed by atoms with van der Waals surface area (Å²) >= 11 is 0. The average molecular weight is 188 g/mol. The van der Waals surface area contributed by atoms with E-state index in [9.17, 15) is 0 Å². The maximum atomic E-state index is 5.29. The van der Waals surface area contributed by atoms with Crippen LogP contribution in [0.1, 0.15) is 11.1 Å². The largest absolute Gasteiger partial charge is 0.405 e. The van der Waals surface area contributed by atoms with Crippen molar-refractivity contribution in [2.45, 2.75) is 12.8 Å². The van der Waals surface area contributed by atoms with Crippen molar-refractivity contribution < 1.29 is 0 Å². The standard InChI is InChI=1S/C12H16N2/c13-8-2-6-11-4-1-5-12(10-11)7-3-9-14/h1-5,8-10H,6-7,13-14H2. The van der Waals surface area contributed by atoms with Gasteiger partial charge in [0.1, 0.15) is 0 Å². The fraction of sp³-hybridized carbons (Fsp3) is 0.167. The second-order valence-corrected chi connectivity index (χ2v) is 3.08. The maximum Gasteiger partial charge on any atom is -0.00802 e. The van der Waals surface area contributed by atoms with Crippen LogP contribution in [-0.2, 0) is 12.8 Å². The van der Waals surface area contributed by atoms with E-state index in [1.54, 1.807) is 12.4 Å². The molecule has 1 rings (SSSR count). The number of allylic oxidation sites excluding steroid dienone is 2. The summed E-state index contributed by atoms with van der Waals surface area (Å²) in [5, 5.41) is 0. The van der Waals surface area contributed by atoms with Crippen molar-refractivity contribution >= 4 is 0 Å². The highest BCUT2D eigenvalue weighted by Crippen LogP contribution is 2.07. The lowest BCUT2D eigenvalue weighted by atomic mass is 10.1. The van der Waals surface area contributed by atoms with E-state index in [4.69, 9.17) is 11.5 Å². The molecule has 14 heavy (non-hydrogen) atoms. The van der Waals surface area contributed by atoms with Gasteiger partial charge in [-0.05, 0) is 36.4 Å². The van der Waals surface area contributed by atoms with E-state index in [0.29, 0.717) is 0 Å². The van der Waals surface area contributed by atoms with Crippen LogP contribution in [0, 0.1) is 0 Å². The molecule has 0 heterocycles. The molecule has 0 aliphatic carbocycles. The Morgan fingerprint density at radius 2 is 1.43 bits per heavy atom. The van der Waals surface area contributed by atoms with Crippen molar-refractivity contribution in [1.82, 2.24) is 0 Å². The summed E-state index contributed by atoms with van der Waals surface area (Å²) in [6, 6.07) is 8.41. The van der Waals surface area contributed by atoms with Gasteiger partial charge in [0.2, 0.25) is 0 Å². The first-order valence-corrected chi connectivity index (χ1v) is 4.68. The van der Waals surface area contributed by atoms with Crippen LogP contribution in [0.15, 0.2) is 48.8 Å². The minimum atomic E-state index is 0.886. The van der Waals surface area contributed by atoms with Crippen LogP contribution in [0.4, 0.5) is 0 Å². The lowest BCUT2D eigenvalue weighted by Crippen LogP contribution is -1.88. The molecular formula is C12H16N2. The van der Waals surface area contributed by atoms with Crippen LogP contribution in [-0.4, -0.2) is 0 Å². The normalized spacial score (nSPS) is 11.4. The fourth-order valence-electron chi connectivity index (χ4n) is 1.29. The Labute approximate surface area is 84.9 Å². The van der Waals surface area contributed by atoms with E-state index in [1.807, 2.05) is 12.2 Å². The number of hydrogen-bond donors (Lipinski definition) is 2. The molecular weight excluding hydrogens is 172 g/mol. The van der Waals surface area contributed by atoms with Gasteiger partial charge in [-0.1, -0.05) is 36.4 Å². The Bertz CT molecular complexity index is 298. The van der Waals surface area contributed by atoms with Gasteiger partial charge >= 0.3 is 0 Å². The second kappa shape index (κ2) is 5.86. The summed E-state index contributed by atoms with van der Waals surface area (Å²) in [5.74, 6) is 0. The van der Waals surface area contributed by atoms with Gasteiger partial charge in [-0.2, -0.15) is 0 Å². The van der Waals surface area contributed by atoms with E-state index in [2.05, 4.69) is 24.3 Å². The number of benzene rings is 1. The highest BCUT2D eigenvalue weighted by molar-refractivity contribution is 5.26. The van der Waals surface area contributed by atoms with E-state index < -0.39 is 0 Å². The van der Waals surface area contributed by atoms with E-state index >= 15 is 0 Å². The predicted molar refractivity (Wildman–Crippen MR) is 60.5 cm³/mol. The molecule has 0 aromatic heterocycles. The third-order valence-electron chi connectivity index (χ3n) is 1.97. The monoisotopic (exact) mass is 188 g/mol. The Hall–Kier alpha value is -1.70. The summed E-state index contributed by atoms with van der Waals surface area (Å²) in [7, 11) is 0. The van der Waals surface area contributed by atoms with Gasteiger partial charge in [0.15, 0.2) is 0 Å². The molecule has 0 radical (unpaired) electrons. The van der Waals surface area contributed by atoms with Crippen molar-refractivity contribution in [3.63, 3.8) is 0 Å². The molecule has 2 heteroatoms. The molecule has 0 aliphatic rings. The number of nitrogens with two attached hydrogens (primary N) is 2. The third kappa shape index (κ3) is 3.35. The van der Waals surface area contributed by atoms with E-state index in [1.165, 1.54) is 11.1 Å². The zero-order valence-electron chi connectivity index (χ0n) is 8.19. The van der Waals surface area contributed by atoms with E-state index in [-0.39, 0.29) is 0 Å². The van der Waals surface area contributed by atoms with Gasteiger partial charge in [-0.25, -0.2) is 0 Å². The Morgan fingerprint density at radius 1 is 0.929 bits per heavy atom.